The van der Waals surface area contributed by atoms with E-state index >= 15 is 0 Å². The topological polar surface area (TPSA) is 37.0 Å². The van der Waals surface area contributed by atoms with E-state index in [2.05, 4.69) is 27.8 Å². The van der Waals surface area contributed by atoms with Crippen LogP contribution in [-0.4, -0.2) is 17.6 Å². The first kappa shape index (κ1) is 12.0. The van der Waals surface area contributed by atoms with Crippen molar-refractivity contribution in [2.75, 3.05) is 11.9 Å². The van der Waals surface area contributed by atoms with Gasteiger partial charge in [-0.2, -0.15) is 0 Å². The van der Waals surface area contributed by atoms with Gasteiger partial charge < -0.3 is 10.6 Å². The summed E-state index contributed by atoms with van der Waals surface area (Å²) in [5, 5.41) is 7.11. The molecule has 2 aliphatic rings. The molecule has 1 aliphatic carbocycles. The van der Waals surface area contributed by atoms with Gasteiger partial charge in [0.15, 0.2) is 0 Å². The normalized spacial score (nSPS) is 25.2. The average molecular weight is 245 g/mol. The van der Waals surface area contributed by atoms with Crippen LogP contribution in [0.4, 0.5) is 5.82 Å². The van der Waals surface area contributed by atoms with Crippen molar-refractivity contribution in [2.24, 2.45) is 0 Å². The highest BCUT2D eigenvalue weighted by atomic mass is 15.0. The number of hydrogen-bond acceptors (Lipinski definition) is 3. The van der Waals surface area contributed by atoms with Gasteiger partial charge in [-0.25, -0.2) is 4.98 Å². The number of nitrogens with zero attached hydrogens (tertiary/aromatic N) is 1. The van der Waals surface area contributed by atoms with E-state index < -0.39 is 0 Å². The maximum absolute atomic E-state index is 4.57. The molecule has 18 heavy (non-hydrogen) atoms. The Labute approximate surface area is 109 Å². The number of hydrogen-bond donors (Lipinski definition) is 2. The summed E-state index contributed by atoms with van der Waals surface area (Å²) in [6.07, 6.45) is 11.3. The molecule has 0 unspecified atom stereocenters. The predicted octanol–water partition coefficient (Wildman–Crippen LogP) is 3.25. The summed E-state index contributed by atoms with van der Waals surface area (Å²) in [5.41, 5.74) is 1.34. The minimum absolute atomic E-state index is 0.520. The molecule has 1 aromatic rings. The smallest absolute Gasteiger partial charge is 0.126 e. The molecule has 0 aromatic carbocycles. The van der Waals surface area contributed by atoms with Gasteiger partial charge in [0, 0.05) is 18.3 Å². The van der Waals surface area contributed by atoms with E-state index in [4.69, 9.17) is 0 Å². The first-order valence-corrected chi connectivity index (χ1v) is 7.38. The molecular weight excluding hydrogens is 222 g/mol. The van der Waals surface area contributed by atoms with Crippen LogP contribution in [0, 0.1) is 0 Å². The lowest BCUT2D eigenvalue weighted by Gasteiger charge is -2.23. The highest BCUT2D eigenvalue weighted by Crippen LogP contribution is 2.24. The third-order valence-corrected chi connectivity index (χ3v) is 4.21. The summed E-state index contributed by atoms with van der Waals surface area (Å²) >= 11 is 0. The second kappa shape index (κ2) is 5.70. The molecule has 3 rings (SSSR count). The first-order chi connectivity index (χ1) is 8.92. The lowest BCUT2D eigenvalue weighted by molar-refractivity contribution is 0.411. The largest absolute Gasteiger partial charge is 0.367 e. The monoisotopic (exact) mass is 245 g/mol. The second-order valence-electron chi connectivity index (χ2n) is 5.60. The Hall–Kier alpha value is -1.09. The van der Waals surface area contributed by atoms with E-state index in [0.717, 1.165) is 12.4 Å². The van der Waals surface area contributed by atoms with E-state index in [9.17, 15) is 0 Å². The molecule has 2 N–H and O–H groups in total. The number of nitrogens with one attached hydrogen (secondary N) is 2. The fourth-order valence-electron chi connectivity index (χ4n) is 3.11. The van der Waals surface area contributed by atoms with Crippen LogP contribution < -0.4 is 10.6 Å². The summed E-state index contributed by atoms with van der Waals surface area (Å²) in [6, 6.07) is 5.54. The lowest BCUT2D eigenvalue weighted by Crippen LogP contribution is -2.26. The first-order valence-electron chi connectivity index (χ1n) is 7.38. The van der Waals surface area contributed by atoms with Crippen LogP contribution in [-0.2, 0) is 0 Å². The van der Waals surface area contributed by atoms with Crippen LogP contribution in [0.5, 0.6) is 0 Å². The van der Waals surface area contributed by atoms with Crippen LogP contribution in [0.1, 0.15) is 56.6 Å². The molecule has 1 aliphatic heterocycles. The Morgan fingerprint density at radius 3 is 2.56 bits per heavy atom. The van der Waals surface area contributed by atoms with Crippen LogP contribution in [0.25, 0.3) is 0 Å². The summed E-state index contributed by atoms with van der Waals surface area (Å²) in [5.74, 6) is 1.04. The number of aromatic nitrogens is 1. The molecule has 0 spiro atoms. The van der Waals surface area contributed by atoms with E-state index in [1.54, 1.807) is 0 Å². The van der Waals surface area contributed by atoms with Crippen molar-refractivity contribution in [1.29, 1.82) is 0 Å². The van der Waals surface area contributed by atoms with Crippen molar-refractivity contribution in [3.63, 3.8) is 0 Å². The Morgan fingerprint density at radius 2 is 1.89 bits per heavy atom. The Kier molecular flexibility index (Phi) is 3.79. The number of rotatable bonds is 3. The van der Waals surface area contributed by atoms with Gasteiger partial charge in [-0.1, -0.05) is 25.3 Å². The fraction of sp³-hybridized carbons (Fsp3) is 0.667. The summed E-state index contributed by atoms with van der Waals surface area (Å²) in [6.45, 7) is 1.15. The number of piperidine rings is 1. The molecule has 1 atom stereocenters. The standard InChI is InChI=1S/C15H23N3/c1-2-6-13(5-1)18-15-9-8-12(11-17-15)14-7-3-4-10-16-14/h8-9,11,13-14,16H,1-7,10H2,(H,17,18)/t14-/m1/s1. The van der Waals surface area contributed by atoms with E-state index in [-0.39, 0.29) is 0 Å². The van der Waals surface area contributed by atoms with E-state index in [1.807, 2.05) is 6.20 Å². The second-order valence-corrected chi connectivity index (χ2v) is 5.60. The zero-order chi connectivity index (χ0) is 12.2. The van der Waals surface area contributed by atoms with Gasteiger partial charge in [0.1, 0.15) is 5.82 Å². The molecular formula is C15H23N3. The Bertz CT molecular complexity index is 362. The maximum atomic E-state index is 4.57. The third-order valence-electron chi connectivity index (χ3n) is 4.21. The van der Waals surface area contributed by atoms with Gasteiger partial charge in [0.25, 0.3) is 0 Å². The average Bonchev–Trinajstić information content (AvgIpc) is 2.94. The van der Waals surface area contributed by atoms with Crippen molar-refractivity contribution in [2.45, 2.75) is 57.0 Å². The molecule has 2 fully saturated rings. The Morgan fingerprint density at radius 1 is 1.06 bits per heavy atom. The van der Waals surface area contributed by atoms with Gasteiger partial charge >= 0.3 is 0 Å². The van der Waals surface area contributed by atoms with Gasteiger partial charge in [0.05, 0.1) is 0 Å². The summed E-state index contributed by atoms with van der Waals surface area (Å²) in [7, 11) is 0. The molecule has 0 radical (unpaired) electrons. The summed E-state index contributed by atoms with van der Waals surface area (Å²) < 4.78 is 0. The lowest BCUT2D eigenvalue weighted by atomic mass is 9.99. The molecule has 1 saturated heterocycles. The molecule has 2 heterocycles. The highest BCUT2D eigenvalue weighted by molar-refractivity contribution is 5.37. The third kappa shape index (κ3) is 2.83. The predicted molar refractivity (Wildman–Crippen MR) is 74.7 cm³/mol. The van der Waals surface area contributed by atoms with Crippen LogP contribution in [0.3, 0.4) is 0 Å². The number of anilines is 1. The molecule has 1 saturated carbocycles. The van der Waals surface area contributed by atoms with Gasteiger partial charge in [0.2, 0.25) is 0 Å². The van der Waals surface area contributed by atoms with Crippen LogP contribution >= 0.6 is 0 Å². The molecule has 3 heteroatoms. The van der Waals surface area contributed by atoms with Crippen molar-refractivity contribution in [1.82, 2.24) is 10.3 Å². The van der Waals surface area contributed by atoms with Gasteiger partial charge in [-0.05, 0) is 43.9 Å². The van der Waals surface area contributed by atoms with Gasteiger partial charge in [-0.3, -0.25) is 0 Å². The summed E-state index contributed by atoms with van der Waals surface area (Å²) in [4.78, 5) is 4.57. The zero-order valence-corrected chi connectivity index (χ0v) is 11.0. The minimum Gasteiger partial charge on any atom is -0.367 e. The van der Waals surface area contributed by atoms with Crippen molar-refractivity contribution in [3.05, 3.63) is 23.9 Å². The SMILES string of the molecule is c1cc(NC2CCCC2)ncc1[C@H]1CCCCN1. The molecule has 3 nitrogen and oxygen atoms in total. The van der Waals surface area contributed by atoms with E-state index in [0.29, 0.717) is 12.1 Å². The van der Waals surface area contributed by atoms with Crippen molar-refractivity contribution < 1.29 is 0 Å². The Balaban J connectivity index is 1.60. The van der Waals surface area contributed by atoms with E-state index in [1.165, 1.54) is 50.5 Å². The maximum Gasteiger partial charge on any atom is 0.126 e. The van der Waals surface area contributed by atoms with Gasteiger partial charge in [-0.15, -0.1) is 0 Å². The minimum atomic E-state index is 0.520. The quantitative estimate of drug-likeness (QED) is 0.858. The molecule has 0 bridgehead atoms. The number of pyridine rings is 1. The molecule has 0 amide bonds. The highest BCUT2D eigenvalue weighted by Gasteiger charge is 2.16. The molecule has 1 aromatic heterocycles. The van der Waals surface area contributed by atoms with Crippen molar-refractivity contribution in [3.8, 4) is 0 Å². The van der Waals surface area contributed by atoms with Crippen LogP contribution in [0.15, 0.2) is 18.3 Å². The van der Waals surface area contributed by atoms with Crippen molar-refractivity contribution >= 4 is 5.82 Å². The van der Waals surface area contributed by atoms with Crippen LogP contribution in [0.2, 0.25) is 0 Å². The zero-order valence-electron chi connectivity index (χ0n) is 11.0. The molecule has 98 valence electrons. The fourth-order valence-corrected chi connectivity index (χ4v) is 3.11.